The first kappa shape index (κ1) is 14.8. The van der Waals surface area contributed by atoms with Crippen molar-refractivity contribution >= 4 is 5.91 Å². The highest BCUT2D eigenvalue weighted by molar-refractivity contribution is 5.76. The molecule has 3 unspecified atom stereocenters. The number of ether oxygens (including phenoxy) is 1. The Hall–Kier alpha value is -0.610. The summed E-state index contributed by atoms with van der Waals surface area (Å²) in [6, 6.07) is 0.254. The zero-order valence-electron chi connectivity index (χ0n) is 12.1. The van der Waals surface area contributed by atoms with Gasteiger partial charge in [-0.1, -0.05) is 6.92 Å². The Balaban J connectivity index is 1.80. The highest BCUT2D eigenvalue weighted by Gasteiger charge is 2.30. The molecule has 2 aliphatic rings. The standard InChI is InChI=1S/C15H28N2O2/c1-12-4-2-8-17(14(12)10-16)15(18)7-6-13-5-3-9-19-11-13/h12-14H,2-11,16H2,1H3. The van der Waals surface area contributed by atoms with E-state index < -0.39 is 0 Å². The quantitative estimate of drug-likeness (QED) is 0.845. The molecule has 2 rings (SSSR count). The Bertz CT molecular complexity index is 290. The van der Waals surface area contributed by atoms with Gasteiger partial charge in [0.15, 0.2) is 0 Å². The average molecular weight is 268 g/mol. The maximum Gasteiger partial charge on any atom is 0.222 e. The Kier molecular flexibility index (Phi) is 5.64. The average Bonchev–Trinajstić information content (AvgIpc) is 2.45. The van der Waals surface area contributed by atoms with Crippen LogP contribution >= 0.6 is 0 Å². The lowest BCUT2D eigenvalue weighted by molar-refractivity contribution is -0.136. The SMILES string of the molecule is CC1CCCN(C(=O)CCC2CCCOC2)C1CN. The fourth-order valence-electron chi connectivity index (χ4n) is 3.42. The van der Waals surface area contributed by atoms with Crippen LogP contribution in [0, 0.1) is 11.8 Å². The van der Waals surface area contributed by atoms with Crippen LogP contribution in [0.2, 0.25) is 0 Å². The van der Waals surface area contributed by atoms with Gasteiger partial charge in [-0.2, -0.15) is 0 Å². The summed E-state index contributed by atoms with van der Waals surface area (Å²) >= 11 is 0. The molecule has 0 bridgehead atoms. The number of hydrogen-bond acceptors (Lipinski definition) is 3. The van der Waals surface area contributed by atoms with Gasteiger partial charge in [0.05, 0.1) is 0 Å². The van der Waals surface area contributed by atoms with Gasteiger partial charge in [0.2, 0.25) is 5.91 Å². The molecule has 0 spiro atoms. The minimum atomic E-state index is 0.254. The van der Waals surface area contributed by atoms with Crippen molar-refractivity contribution in [3.8, 4) is 0 Å². The maximum absolute atomic E-state index is 12.4. The van der Waals surface area contributed by atoms with Crippen LogP contribution in [0.25, 0.3) is 0 Å². The van der Waals surface area contributed by atoms with E-state index in [1.165, 1.54) is 12.8 Å². The maximum atomic E-state index is 12.4. The van der Waals surface area contributed by atoms with Gasteiger partial charge >= 0.3 is 0 Å². The summed E-state index contributed by atoms with van der Waals surface area (Å²) in [5.74, 6) is 1.42. The van der Waals surface area contributed by atoms with Crippen molar-refractivity contribution < 1.29 is 9.53 Å². The second-order valence-electron chi connectivity index (χ2n) is 6.13. The molecule has 0 saturated carbocycles. The number of nitrogens with zero attached hydrogens (tertiary/aromatic N) is 1. The predicted molar refractivity (Wildman–Crippen MR) is 75.7 cm³/mol. The molecule has 4 nitrogen and oxygen atoms in total. The van der Waals surface area contributed by atoms with Crippen molar-refractivity contribution in [3.63, 3.8) is 0 Å². The number of rotatable bonds is 4. The topological polar surface area (TPSA) is 55.6 Å². The Morgan fingerprint density at radius 3 is 2.89 bits per heavy atom. The lowest BCUT2D eigenvalue weighted by Crippen LogP contribution is -2.51. The van der Waals surface area contributed by atoms with Gasteiger partial charge in [0.1, 0.15) is 0 Å². The first-order valence-corrected chi connectivity index (χ1v) is 7.79. The molecule has 3 atom stereocenters. The van der Waals surface area contributed by atoms with Crippen LogP contribution in [-0.4, -0.2) is 43.2 Å². The number of likely N-dealkylation sites (tertiary alicyclic amines) is 1. The summed E-state index contributed by atoms with van der Waals surface area (Å²) in [4.78, 5) is 14.4. The molecule has 19 heavy (non-hydrogen) atoms. The third-order valence-electron chi connectivity index (χ3n) is 4.70. The van der Waals surface area contributed by atoms with E-state index in [1.54, 1.807) is 0 Å². The van der Waals surface area contributed by atoms with E-state index in [-0.39, 0.29) is 6.04 Å². The monoisotopic (exact) mass is 268 g/mol. The summed E-state index contributed by atoms with van der Waals surface area (Å²) in [5.41, 5.74) is 5.85. The molecule has 2 N–H and O–H groups in total. The van der Waals surface area contributed by atoms with Crippen molar-refractivity contribution in [2.24, 2.45) is 17.6 Å². The number of carbonyl (C=O) groups excluding carboxylic acids is 1. The lowest BCUT2D eigenvalue weighted by atomic mass is 9.90. The van der Waals surface area contributed by atoms with Crippen LogP contribution in [0.15, 0.2) is 0 Å². The molecular formula is C15H28N2O2. The second-order valence-corrected chi connectivity index (χ2v) is 6.13. The highest BCUT2D eigenvalue weighted by atomic mass is 16.5. The third-order valence-corrected chi connectivity index (χ3v) is 4.70. The van der Waals surface area contributed by atoms with E-state index in [2.05, 4.69) is 6.92 Å². The van der Waals surface area contributed by atoms with Crippen LogP contribution in [-0.2, 0) is 9.53 Å². The van der Waals surface area contributed by atoms with Gasteiger partial charge in [-0.25, -0.2) is 0 Å². The van der Waals surface area contributed by atoms with Crippen molar-refractivity contribution in [1.82, 2.24) is 4.90 Å². The molecule has 0 aliphatic carbocycles. The molecule has 110 valence electrons. The highest BCUT2D eigenvalue weighted by Crippen LogP contribution is 2.25. The summed E-state index contributed by atoms with van der Waals surface area (Å²) in [6.45, 7) is 5.44. The van der Waals surface area contributed by atoms with E-state index in [9.17, 15) is 4.79 Å². The molecular weight excluding hydrogens is 240 g/mol. The smallest absolute Gasteiger partial charge is 0.222 e. The van der Waals surface area contributed by atoms with E-state index in [4.69, 9.17) is 10.5 Å². The van der Waals surface area contributed by atoms with E-state index in [0.29, 0.717) is 30.7 Å². The van der Waals surface area contributed by atoms with Gasteiger partial charge < -0.3 is 15.4 Å². The molecule has 4 heteroatoms. The minimum Gasteiger partial charge on any atom is -0.381 e. The normalized spacial score (nSPS) is 32.3. The lowest BCUT2D eigenvalue weighted by Gasteiger charge is -2.39. The Morgan fingerprint density at radius 2 is 2.21 bits per heavy atom. The van der Waals surface area contributed by atoms with Gasteiger partial charge in [0.25, 0.3) is 0 Å². The molecule has 2 aliphatic heterocycles. The molecule has 0 aromatic heterocycles. The zero-order valence-corrected chi connectivity index (χ0v) is 12.1. The third kappa shape index (κ3) is 3.93. The van der Waals surface area contributed by atoms with E-state index in [1.807, 2.05) is 4.90 Å². The van der Waals surface area contributed by atoms with Crippen molar-refractivity contribution in [3.05, 3.63) is 0 Å². The summed E-state index contributed by atoms with van der Waals surface area (Å²) < 4.78 is 5.47. The molecule has 0 aromatic carbocycles. The van der Waals surface area contributed by atoms with Crippen molar-refractivity contribution in [1.29, 1.82) is 0 Å². The number of amides is 1. The second kappa shape index (κ2) is 7.25. The zero-order chi connectivity index (χ0) is 13.7. The summed E-state index contributed by atoms with van der Waals surface area (Å²) in [7, 11) is 0. The molecule has 2 saturated heterocycles. The van der Waals surface area contributed by atoms with Crippen molar-refractivity contribution in [2.45, 2.75) is 51.5 Å². The number of piperidine rings is 1. The number of hydrogen-bond donors (Lipinski definition) is 1. The van der Waals surface area contributed by atoms with Crippen LogP contribution < -0.4 is 5.73 Å². The number of carbonyl (C=O) groups is 1. The van der Waals surface area contributed by atoms with Crippen LogP contribution in [0.4, 0.5) is 0 Å². The molecule has 2 heterocycles. The Morgan fingerprint density at radius 1 is 1.37 bits per heavy atom. The van der Waals surface area contributed by atoms with Gasteiger partial charge in [-0.3, -0.25) is 4.79 Å². The first-order valence-electron chi connectivity index (χ1n) is 7.79. The first-order chi connectivity index (χ1) is 9.22. The number of nitrogens with two attached hydrogens (primary N) is 1. The molecule has 2 fully saturated rings. The van der Waals surface area contributed by atoms with Crippen LogP contribution in [0.5, 0.6) is 0 Å². The minimum absolute atomic E-state index is 0.254. The molecule has 0 aromatic rings. The largest absolute Gasteiger partial charge is 0.381 e. The summed E-state index contributed by atoms with van der Waals surface area (Å²) in [6.07, 6.45) is 6.31. The fourth-order valence-corrected chi connectivity index (χ4v) is 3.42. The summed E-state index contributed by atoms with van der Waals surface area (Å²) in [5, 5.41) is 0. The predicted octanol–water partition coefficient (Wildman–Crippen LogP) is 1.78. The van der Waals surface area contributed by atoms with Gasteiger partial charge in [0, 0.05) is 38.8 Å². The van der Waals surface area contributed by atoms with E-state index in [0.717, 1.165) is 39.0 Å². The van der Waals surface area contributed by atoms with Gasteiger partial charge in [-0.05, 0) is 43.9 Å². The van der Waals surface area contributed by atoms with Crippen LogP contribution in [0.1, 0.15) is 45.4 Å². The van der Waals surface area contributed by atoms with Crippen molar-refractivity contribution in [2.75, 3.05) is 26.3 Å². The Labute approximate surface area is 116 Å². The van der Waals surface area contributed by atoms with Gasteiger partial charge in [-0.15, -0.1) is 0 Å². The molecule has 1 amide bonds. The fraction of sp³-hybridized carbons (Fsp3) is 0.933. The molecule has 0 radical (unpaired) electrons. The van der Waals surface area contributed by atoms with Crippen LogP contribution in [0.3, 0.4) is 0 Å². The van der Waals surface area contributed by atoms with E-state index >= 15 is 0 Å².